The first-order valence-electron chi connectivity index (χ1n) is 8.37. The first-order valence-corrected chi connectivity index (χ1v) is 8.37. The van der Waals surface area contributed by atoms with Crippen LogP contribution in [0.25, 0.3) is 22.3 Å². The van der Waals surface area contributed by atoms with Gasteiger partial charge in [-0.05, 0) is 58.7 Å². The zero-order chi connectivity index (χ0) is 17.8. The van der Waals surface area contributed by atoms with Crippen molar-refractivity contribution in [1.29, 1.82) is 0 Å². The van der Waals surface area contributed by atoms with Crippen molar-refractivity contribution >= 4 is 5.78 Å². The van der Waals surface area contributed by atoms with E-state index in [4.69, 9.17) is 0 Å². The molecule has 0 radical (unpaired) electrons. The van der Waals surface area contributed by atoms with Gasteiger partial charge in [-0.1, -0.05) is 36.4 Å². The summed E-state index contributed by atoms with van der Waals surface area (Å²) in [7, 11) is 0. The molecule has 0 fully saturated rings. The molecule has 0 atom stereocenters. The summed E-state index contributed by atoms with van der Waals surface area (Å²) in [5, 5.41) is 0. The highest BCUT2D eigenvalue weighted by Gasteiger charge is 2.11. The average molecular weight is 336 g/mol. The number of carbonyl (C=O) groups excluding carboxylic acids is 1. The Morgan fingerprint density at radius 1 is 0.538 bits per heavy atom. The molecule has 4 aromatic rings. The quantitative estimate of drug-likeness (QED) is 0.490. The van der Waals surface area contributed by atoms with E-state index in [1.807, 2.05) is 72.8 Å². The first-order chi connectivity index (χ1) is 12.8. The number of carbonyl (C=O) groups is 1. The minimum atomic E-state index is 0.0109. The monoisotopic (exact) mass is 336 g/mol. The zero-order valence-electron chi connectivity index (χ0n) is 14.0. The Labute approximate surface area is 152 Å². The fourth-order valence-corrected chi connectivity index (χ4v) is 2.94. The van der Waals surface area contributed by atoms with Gasteiger partial charge in [0.15, 0.2) is 5.78 Å². The molecule has 2 heterocycles. The van der Waals surface area contributed by atoms with E-state index in [0.717, 1.165) is 22.3 Å². The lowest BCUT2D eigenvalue weighted by Gasteiger charge is -2.07. The van der Waals surface area contributed by atoms with Gasteiger partial charge in [-0.15, -0.1) is 0 Å². The highest BCUT2D eigenvalue weighted by Crippen LogP contribution is 2.23. The highest BCUT2D eigenvalue weighted by atomic mass is 16.1. The Morgan fingerprint density at radius 3 is 1.38 bits per heavy atom. The second-order valence-electron chi connectivity index (χ2n) is 5.96. The largest absolute Gasteiger partial charge is 0.289 e. The van der Waals surface area contributed by atoms with Crippen LogP contribution >= 0.6 is 0 Å². The Hall–Kier alpha value is -3.59. The number of rotatable bonds is 4. The van der Waals surface area contributed by atoms with Gasteiger partial charge in [0.05, 0.1) is 0 Å². The van der Waals surface area contributed by atoms with Crippen LogP contribution in [-0.4, -0.2) is 15.8 Å². The van der Waals surface area contributed by atoms with Gasteiger partial charge in [-0.2, -0.15) is 0 Å². The molecule has 0 aliphatic rings. The van der Waals surface area contributed by atoms with Crippen LogP contribution in [0.1, 0.15) is 15.9 Å². The Bertz CT molecular complexity index is 959. The van der Waals surface area contributed by atoms with Crippen LogP contribution in [0.4, 0.5) is 0 Å². The van der Waals surface area contributed by atoms with Gasteiger partial charge in [-0.25, -0.2) is 0 Å². The molecule has 0 aliphatic carbocycles. The SMILES string of the molecule is O=C(c1cccc(-c2ccncc2)c1)c1cccc(-c2ccncc2)c1. The smallest absolute Gasteiger partial charge is 0.193 e. The third kappa shape index (κ3) is 3.28. The van der Waals surface area contributed by atoms with Crippen molar-refractivity contribution in [3.8, 4) is 22.3 Å². The number of nitrogens with zero attached hydrogens (tertiary/aromatic N) is 2. The van der Waals surface area contributed by atoms with Crippen molar-refractivity contribution in [3.63, 3.8) is 0 Å². The van der Waals surface area contributed by atoms with Crippen molar-refractivity contribution in [3.05, 3.63) is 109 Å². The fourth-order valence-electron chi connectivity index (χ4n) is 2.94. The predicted octanol–water partition coefficient (Wildman–Crippen LogP) is 5.04. The number of ketones is 1. The predicted molar refractivity (Wildman–Crippen MR) is 103 cm³/mol. The van der Waals surface area contributed by atoms with Gasteiger partial charge >= 0.3 is 0 Å². The normalized spacial score (nSPS) is 10.5. The molecular weight excluding hydrogens is 320 g/mol. The molecule has 0 spiro atoms. The number of aromatic nitrogens is 2. The van der Waals surface area contributed by atoms with Crippen LogP contribution in [0, 0.1) is 0 Å². The highest BCUT2D eigenvalue weighted by molar-refractivity contribution is 6.10. The maximum absolute atomic E-state index is 13.0. The minimum absolute atomic E-state index is 0.0109. The number of hydrogen-bond acceptors (Lipinski definition) is 3. The molecule has 0 unspecified atom stereocenters. The van der Waals surface area contributed by atoms with E-state index in [1.54, 1.807) is 24.8 Å². The van der Waals surface area contributed by atoms with Crippen molar-refractivity contribution in [2.24, 2.45) is 0 Å². The zero-order valence-corrected chi connectivity index (χ0v) is 14.0. The maximum Gasteiger partial charge on any atom is 0.193 e. The van der Waals surface area contributed by atoms with E-state index in [0.29, 0.717) is 11.1 Å². The third-order valence-corrected chi connectivity index (χ3v) is 4.28. The van der Waals surface area contributed by atoms with Crippen LogP contribution in [0.2, 0.25) is 0 Å². The van der Waals surface area contributed by atoms with Crippen LogP contribution in [0.3, 0.4) is 0 Å². The molecule has 0 saturated carbocycles. The Kier molecular flexibility index (Phi) is 4.35. The summed E-state index contributed by atoms with van der Waals surface area (Å²) in [5.74, 6) is 0.0109. The van der Waals surface area contributed by atoms with Crippen molar-refractivity contribution in [2.45, 2.75) is 0 Å². The number of hydrogen-bond donors (Lipinski definition) is 0. The van der Waals surface area contributed by atoms with Gasteiger partial charge in [-0.3, -0.25) is 14.8 Å². The average Bonchev–Trinajstić information content (AvgIpc) is 2.75. The van der Waals surface area contributed by atoms with Crippen molar-refractivity contribution in [2.75, 3.05) is 0 Å². The molecule has 3 nitrogen and oxygen atoms in total. The van der Waals surface area contributed by atoms with Crippen LogP contribution in [0.15, 0.2) is 97.6 Å². The Balaban J connectivity index is 1.69. The second kappa shape index (κ2) is 7.11. The first kappa shape index (κ1) is 15.9. The topological polar surface area (TPSA) is 42.9 Å². The summed E-state index contributed by atoms with van der Waals surface area (Å²) in [6.07, 6.45) is 7.01. The van der Waals surface area contributed by atoms with E-state index in [9.17, 15) is 4.79 Å². The Morgan fingerprint density at radius 2 is 0.962 bits per heavy atom. The second-order valence-corrected chi connectivity index (χ2v) is 5.96. The van der Waals surface area contributed by atoms with E-state index in [-0.39, 0.29) is 5.78 Å². The summed E-state index contributed by atoms with van der Waals surface area (Å²) in [4.78, 5) is 21.1. The molecule has 3 heteroatoms. The van der Waals surface area contributed by atoms with E-state index >= 15 is 0 Å². The number of pyridine rings is 2. The molecule has 0 N–H and O–H groups in total. The van der Waals surface area contributed by atoms with E-state index in [1.165, 1.54) is 0 Å². The lowest BCUT2D eigenvalue weighted by Crippen LogP contribution is -2.01. The van der Waals surface area contributed by atoms with Crippen LogP contribution in [-0.2, 0) is 0 Å². The van der Waals surface area contributed by atoms with E-state index in [2.05, 4.69) is 9.97 Å². The molecule has 2 aromatic heterocycles. The fraction of sp³-hybridized carbons (Fsp3) is 0. The van der Waals surface area contributed by atoms with Crippen molar-refractivity contribution in [1.82, 2.24) is 9.97 Å². The van der Waals surface area contributed by atoms with Gasteiger partial charge in [0, 0.05) is 35.9 Å². The van der Waals surface area contributed by atoms with Gasteiger partial charge in [0.1, 0.15) is 0 Å². The lowest BCUT2D eigenvalue weighted by atomic mass is 9.96. The maximum atomic E-state index is 13.0. The summed E-state index contributed by atoms with van der Waals surface area (Å²) in [6, 6.07) is 23.1. The minimum Gasteiger partial charge on any atom is -0.289 e. The molecule has 0 amide bonds. The van der Waals surface area contributed by atoms with Gasteiger partial charge in [0.25, 0.3) is 0 Å². The van der Waals surface area contributed by atoms with Crippen LogP contribution < -0.4 is 0 Å². The number of benzene rings is 2. The summed E-state index contributed by atoms with van der Waals surface area (Å²) in [6.45, 7) is 0. The van der Waals surface area contributed by atoms with Crippen LogP contribution in [0.5, 0.6) is 0 Å². The van der Waals surface area contributed by atoms with Gasteiger partial charge in [0.2, 0.25) is 0 Å². The summed E-state index contributed by atoms with van der Waals surface area (Å²) < 4.78 is 0. The molecule has 4 rings (SSSR count). The molecule has 0 bridgehead atoms. The molecule has 2 aromatic carbocycles. The molecular formula is C23H16N2O. The van der Waals surface area contributed by atoms with E-state index < -0.39 is 0 Å². The summed E-state index contributed by atoms with van der Waals surface area (Å²) >= 11 is 0. The van der Waals surface area contributed by atoms with Crippen molar-refractivity contribution < 1.29 is 4.79 Å². The molecule has 0 saturated heterocycles. The third-order valence-electron chi connectivity index (χ3n) is 4.28. The summed E-state index contributed by atoms with van der Waals surface area (Å²) in [5.41, 5.74) is 5.44. The molecule has 124 valence electrons. The lowest BCUT2D eigenvalue weighted by molar-refractivity contribution is 0.103. The standard InChI is InChI=1S/C23H16N2O/c26-23(21-5-1-3-19(15-21)17-7-11-24-12-8-17)22-6-2-4-20(16-22)18-9-13-25-14-10-18/h1-16H. The molecule has 0 aliphatic heterocycles. The molecule has 26 heavy (non-hydrogen) atoms. The van der Waals surface area contributed by atoms with Gasteiger partial charge < -0.3 is 0 Å².